The van der Waals surface area contributed by atoms with E-state index in [-0.39, 0.29) is 6.54 Å². The molecule has 0 unspecified atom stereocenters. The number of sulfone groups is 1. The summed E-state index contributed by atoms with van der Waals surface area (Å²) in [7, 11) is -4.52. The lowest BCUT2D eigenvalue weighted by Gasteiger charge is -2.05. The highest BCUT2D eigenvalue weighted by molar-refractivity contribution is 7.91. The maximum atomic E-state index is 12.2. The van der Waals surface area contributed by atoms with Crippen LogP contribution in [0.15, 0.2) is 29.2 Å². The molecule has 6 heteroatoms. The van der Waals surface area contributed by atoms with Crippen LogP contribution in [-0.4, -0.2) is 20.7 Å². The van der Waals surface area contributed by atoms with Crippen molar-refractivity contribution in [3.63, 3.8) is 0 Å². The Hall–Kier alpha value is -1.61. The highest BCUT2D eigenvalue weighted by Gasteiger charge is 2.26. The summed E-state index contributed by atoms with van der Waals surface area (Å²) in [6.45, 7) is 0.279. The third-order valence-electron chi connectivity index (χ3n) is 1.81. The molecule has 3 nitrogen and oxygen atoms in total. The Labute approximate surface area is 92.4 Å². The topological polar surface area (TPSA) is 46.2 Å². The van der Waals surface area contributed by atoms with Crippen molar-refractivity contribution in [1.29, 1.82) is 0 Å². The van der Waals surface area contributed by atoms with E-state index in [0.29, 0.717) is 5.69 Å². The molecule has 16 heavy (non-hydrogen) atoms. The summed E-state index contributed by atoms with van der Waals surface area (Å²) in [6, 6.07) is 4.99. The number of benzene rings is 1. The molecule has 0 aliphatic rings. The molecule has 0 fully saturated rings. The molecule has 0 aliphatic carbocycles. The third-order valence-corrected chi connectivity index (χ3v) is 3.21. The number of alkyl halides is 2. The summed E-state index contributed by atoms with van der Waals surface area (Å²) >= 11 is 0. The van der Waals surface area contributed by atoms with Crippen molar-refractivity contribution < 1.29 is 17.2 Å². The van der Waals surface area contributed by atoms with Gasteiger partial charge in [-0.15, -0.1) is 6.42 Å². The maximum Gasteiger partial charge on any atom is 0.341 e. The molecule has 0 aromatic heterocycles. The van der Waals surface area contributed by atoms with E-state index >= 15 is 0 Å². The van der Waals surface area contributed by atoms with E-state index in [1.165, 1.54) is 12.1 Å². The van der Waals surface area contributed by atoms with Gasteiger partial charge in [0.25, 0.3) is 0 Å². The van der Waals surface area contributed by atoms with Crippen molar-refractivity contribution in [2.24, 2.45) is 0 Å². The number of nitrogens with one attached hydrogen (secondary N) is 1. The summed E-state index contributed by atoms with van der Waals surface area (Å²) in [5.41, 5.74) is 0.575. The Morgan fingerprint density at radius 2 is 1.88 bits per heavy atom. The molecule has 86 valence electrons. The van der Waals surface area contributed by atoms with Gasteiger partial charge in [0.05, 0.1) is 11.4 Å². The second-order valence-corrected chi connectivity index (χ2v) is 4.81. The zero-order valence-electron chi connectivity index (χ0n) is 8.15. The van der Waals surface area contributed by atoms with Gasteiger partial charge in [0.15, 0.2) is 0 Å². The lowest BCUT2D eigenvalue weighted by Crippen LogP contribution is -2.11. The van der Waals surface area contributed by atoms with Crippen LogP contribution in [0.2, 0.25) is 0 Å². The largest absolute Gasteiger partial charge is 0.374 e. The molecule has 1 N–H and O–H groups in total. The maximum absolute atomic E-state index is 12.2. The second kappa shape index (κ2) is 4.94. The second-order valence-electron chi connectivity index (χ2n) is 2.89. The minimum absolute atomic E-state index is 0.279. The lowest BCUT2D eigenvalue weighted by molar-refractivity contribution is 0.234. The first-order chi connectivity index (χ1) is 7.48. The van der Waals surface area contributed by atoms with E-state index in [0.717, 1.165) is 12.1 Å². The standard InChI is InChI=1S/C10H9F2NO2S/c1-2-7-13-8-3-5-9(6-4-8)16(14,15)10(11)12/h1,3-6,10,13H,7H2. The van der Waals surface area contributed by atoms with Crippen molar-refractivity contribution in [2.75, 3.05) is 11.9 Å². The third kappa shape index (κ3) is 2.70. The fourth-order valence-electron chi connectivity index (χ4n) is 1.02. The molecule has 0 bridgehead atoms. The van der Waals surface area contributed by atoms with Crippen LogP contribution in [0.25, 0.3) is 0 Å². The van der Waals surface area contributed by atoms with Crippen LogP contribution < -0.4 is 5.32 Å². The number of terminal acetylenes is 1. The molecule has 0 radical (unpaired) electrons. The van der Waals surface area contributed by atoms with Gasteiger partial charge < -0.3 is 5.32 Å². The minimum atomic E-state index is -4.52. The van der Waals surface area contributed by atoms with Gasteiger partial charge in [-0.2, -0.15) is 8.78 Å². The molecule has 1 rings (SSSR count). The quantitative estimate of drug-likeness (QED) is 0.822. The van der Waals surface area contributed by atoms with E-state index in [1.807, 2.05) is 0 Å². The zero-order valence-corrected chi connectivity index (χ0v) is 8.97. The van der Waals surface area contributed by atoms with Gasteiger partial charge in [0.2, 0.25) is 9.84 Å². The lowest BCUT2D eigenvalue weighted by atomic mass is 10.3. The molecule has 0 heterocycles. The molecular weight excluding hydrogens is 236 g/mol. The van der Waals surface area contributed by atoms with E-state index in [9.17, 15) is 17.2 Å². The van der Waals surface area contributed by atoms with Crippen LogP contribution in [0.1, 0.15) is 0 Å². The van der Waals surface area contributed by atoms with Crippen molar-refractivity contribution in [2.45, 2.75) is 10.7 Å². The van der Waals surface area contributed by atoms with Crippen molar-refractivity contribution >= 4 is 15.5 Å². The average molecular weight is 245 g/mol. The molecule has 1 aromatic rings. The van der Waals surface area contributed by atoms with Crippen molar-refractivity contribution in [3.05, 3.63) is 24.3 Å². The van der Waals surface area contributed by atoms with Gasteiger partial charge in [0.1, 0.15) is 0 Å². The fraction of sp³-hybridized carbons (Fsp3) is 0.200. The van der Waals surface area contributed by atoms with Gasteiger partial charge in [-0.25, -0.2) is 8.42 Å². The number of hydrogen-bond donors (Lipinski definition) is 1. The smallest absolute Gasteiger partial charge is 0.341 e. The summed E-state index contributed by atoms with van der Waals surface area (Å²) in [4.78, 5) is -0.409. The first-order valence-corrected chi connectivity index (χ1v) is 5.82. The summed E-state index contributed by atoms with van der Waals surface area (Å²) in [5, 5.41) is 2.78. The molecule has 0 amide bonds. The molecule has 0 atom stereocenters. The van der Waals surface area contributed by atoms with E-state index < -0.39 is 20.5 Å². The van der Waals surface area contributed by atoms with E-state index in [4.69, 9.17) is 6.42 Å². The number of hydrogen-bond acceptors (Lipinski definition) is 3. The molecular formula is C10H9F2NO2S. The average Bonchev–Trinajstić information content (AvgIpc) is 2.26. The highest BCUT2D eigenvalue weighted by atomic mass is 32.2. The Kier molecular flexibility index (Phi) is 3.85. The Bertz CT molecular complexity index is 489. The SMILES string of the molecule is C#CCNc1ccc(S(=O)(=O)C(F)F)cc1. The summed E-state index contributed by atoms with van der Waals surface area (Å²) in [6.07, 6.45) is 5.01. The monoisotopic (exact) mass is 245 g/mol. The van der Waals surface area contributed by atoms with Gasteiger partial charge in [-0.1, -0.05) is 5.92 Å². The van der Waals surface area contributed by atoms with E-state index in [1.54, 1.807) is 0 Å². The molecule has 0 saturated carbocycles. The van der Waals surface area contributed by atoms with Crippen LogP contribution in [0, 0.1) is 12.3 Å². The predicted molar refractivity (Wildman–Crippen MR) is 57.0 cm³/mol. The van der Waals surface area contributed by atoms with Crippen LogP contribution in [0.3, 0.4) is 0 Å². The first-order valence-electron chi connectivity index (χ1n) is 4.28. The normalized spacial score (nSPS) is 11.1. The highest BCUT2D eigenvalue weighted by Crippen LogP contribution is 2.19. The number of halogens is 2. The molecule has 0 spiro atoms. The van der Waals surface area contributed by atoms with Crippen molar-refractivity contribution in [1.82, 2.24) is 0 Å². The minimum Gasteiger partial charge on any atom is -0.374 e. The van der Waals surface area contributed by atoms with Crippen molar-refractivity contribution in [3.8, 4) is 12.3 Å². The van der Waals surface area contributed by atoms with Gasteiger partial charge in [0, 0.05) is 5.69 Å². The zero-order chi connectivity index (χ0) is 12.2. The summed E-state index contributed by atoms with van der Waals surface area (Å²) in [5.74, 6) is -1.08. The predicted octanol–water partition coefficient (Wildman–Crippen LogP) is 1.73. The molecule has 1 aromatic carbocycles. The number of rotatable bonds is 4. The molecule has 0 aliphatic heterocycles. The molecule has 0 saturated heterocycles. The Morgan fingerprint density at radius 1 is 1.31 bits per heavy atom. The fourth-order valence-corrected chi connectivity index (χ4v) is 1.74. The Morgan fingerprint density at radius 3 is 2.31 bits per heavy atom. The first kappa shape index (κ1) is 12.5. The van der Waals surface area contributed by atoms with Crippen LogP contribution in [0.4, 0.5) is 14.5 Å². The van der Waals surface area contributed by atoms with Gasteiger partial charge in [-0.3, -0.25) is 0 Å². The van der Waals surface area contributed by atoms with Crippen LogP contribution in [0.5, 0.6) is 0 Å². The Balaban J connectivity index is 2.92. The van der Waals surface area contributed by atoms with Crippen LogP contribution in [-0.2, 0) is 9.84 Å². The van der Waals surface area contributed by atoms with Gasteiger partial charge >= 0.3 is 5.76 Å². The van der Waals surface area contributed by atoms with Crippen LogP contribution >= 0.6 is 0 Å². The van der Waals surface area contributed by atoms with E-state index in [2.05, 4.69) is 11.2 Å². The number of anilines is 1. The van der Waals surface area contributed by atoms with Gasteiger partial charge in [-0.05, 0) is 24.3 Å². The summed E-state index contributed by atoms with van der Waals surface area (Å²) < 4.78 is 46.5.